The number of halogens is 3. The molecule has 0 unspecified atom stereocenters. The smallest absolute Gasteiger partial charge is 0.417 e. The van der Waals surface area contributed by atoms with Crippen molar-refractivity contribution in [3.05, 3.63) is 29.6 Å². The number of carbonyl (C=O) groups excluding carboxylic acids is 1. The summed E-state index contributed by atoms with van der Waals surface area (Å²) in [7, 11) is 0. The van der Waals surface area contributed by atoms with Crippen molar-refractivity contribution in [2.75, 3.05) is 6.54 Å². The number of amides is 1. The minimum absolute atomic E-state index is 0.124. The van der Waals surface area contributed by atoms with E-state index >= 15 is 0 Å². The normalized spacial score (nSPS) is 11.3. The fourth-order valence-corrected chi connectivity index (χ4v) is 1.31. The number of hydrogen-bond donors (Lipinski definition) is 1. The molecule has 1 aromatic heterocycles. The van der Waals surface area contributed by atoms with Crippen molar-refractivity contribution in [3.63, 3.8) is 0 Å². The van der Waals surface area contributed by atoms with E-state index in [1.165, 1.54) is 0 Å². The number of nitrogens with one attached hydrogen (secondary N) is 1. The Bertz CT molecular complexity index is 566. The van der Waals surface area contributed by atoms with E-state index in [9.17, 15) is 18.0 Å². The highest BCUT2D eigenvalue weighted by molar-refractivity contribution is 5.68. The van der Waals surface area contributed by atoms with E-state index in [0.29, 0.717) is 0 Å². The third kappa shape index (κ3) is 6.17. The Labute approximate surface area is 120 Å². The molecule has 0 fully saturated rings. The van der Waals surface area contributed by atoms with Gasteiger partial charge in [-0.15, -0.1) is 0 Å². The molecule has 0 aliphatic carbocycles. The van der Waals surface area contributed by atoms with Gasteiger partial charge in [-0.05, 0) is 26.8 Å². The summed E-state index contributed by atoms with van der Waals surface area (Å²) >= 11 is 0. The van der Waals surface area contributed by atoms with E-state index in [-0.39, 0.29) is 12.1 Å². The molecule has 0 aromatic carbocycles. The van der Waals surface area contributed by atoms with Gasteiger partial charge in [0.2, 0.25) is 0 Å². The summed E-state index contributed by atoms with van der Waals surface area (Å²) in [5.74, 6) is 4.76. The third-order valence-corrected chi connectivity index (χ3v) is 2.07. The van der Waals surface area contributed by atoms with Gasteiger partial charge in [-0.2, -0.15) is 13.2 Å². The maximum absolute atomic E-state index is 12.7. The fraction of sp³-hybridized carbons (Fsp3) is 0.429. The molecule has 0 aliphatic rings. The highest BCUT2D eigenvalue weighted by Crippen LogP contribution is 2.30. The number of nitrogens with zero attached hydrogens (tertiary/aromatic N) is 1. The number of rotatable bonds is 1. The van der Waals surface area contributed by atoms with Crippen LogP contribution in [0, 0.1) is 11.8 Å². The molecular formula is C14H15F3N2O2. The fourth-order valence-electron chi connectivity index (χ4n) is 1.31. The van der Waals surface area contributed by atoms with Crippen molar-refractivity contribution >= 4 is 6.09 Å². The van der Waals surface area contributed by atoms with Crippen LogP contribution in [0.4, 0.5) is 18.0 Å². The Morgan fingerprint density at radius 3 is 2.62 bits per heavy atom. The van der Waals surface area contributed by atoms with E-state index in [1.807, 2.05) is 0 Å². The van der Waals surface area contributed by atoms with Gasteiger partial charge in [-0.3, -0.25) is 4.98 Å². The van der Waals surface area contributed by atoms with Crippen LogP contribution < -0.4 is 5.32 Å². The largest absolute Gasteiger partial charge is 0.444 e. The molecule has 4 nitrogen and oxygen atoms in total. The molecular weight excluding hydrogens is 285 g/mol. The molecule has 0 saturated heterocycles. The molecule has 1 rings (SSSR count). The van der Waals surface area contributed by atoms with E-state index in [2.05, 4.69) is 22.1 Å². The summed E-state index contributed by atoms with van der Waals surface area (Å²) in [4.78, 5) is 14.9. The number of ether oxygens (including phenoxy) is 1. The van der Waals surface area contributed by atoms with Crippen molar-refractivity contribution in [1.82, 2.24) is 10.3 Å². The molecule has 1 aromatic rings. The molecule has 0 atom stereocenters. The van der Waals surface area contributed by atoms with Crippen LogP contribution in [0.5, 0.6) is 0 Å². The predicted molar refractivity (Wildman–Crippen MR) is 70.4 cm³/mol. The second kappa shape index (κ2) is 6.48. The number of pyridine rings is 1. The minimum atomic E-state index is -4.49. The molecule has 0 saturated carbocycles. The minimum Gasteiger partial charge on any atom is -0.444 e. The van der Waals surface area contributed by atoms with Gasteiger partial charge in [0, 0.05) is 12.4 Å². The summed E-state index contributed by atoms with van der Waals surface area (Å²) in [6.07, 6.45) is -3.10. The van der Waals surface area contributed by atoms with Crippen LogP contribution in [0.2, 0.25) is 0 Å². The zero-order valence-electron chi connectivity index (χ0n) is 11.8. The first-order valence-corrected chi connectivity index (χ1v) is 6.06. The lowest BCUT2D eigenvalue weighted by molar-refractivity contribution is -0.137. The molecule has 1 amide bonds. The number of alkyl halides is 3. The molecule has 0 radical (unpaired) electrons. The average molecular weight is 300 g/mol. The summed E-state index contributed by atoms with van der Waals surface area (Å²) in [5, 5.41) is 2.33. The zero-order valence-corrected chi connectivity index (χ0v) is 11.8. The lowest BCUT2D eigenvalue weighted by Crippen LogP contribution is -2.32. The first-order chi connectivity index (χ1) is 9.59. The lowest BCUT2D eigenvalue weighted by Gasteiger charge is -2.19. The molecule has 21 heavy (non-hydrogen) atoms. The Balaban J connectivity index is 2.67. The van der Waals surface area contributed by atoms with Gasteiger partial charge in [0.15, 0.2) is 0 Å². The number of hydrogen-bond acceptors (Lipinski definition) is 3. The second-order valence-corrected chi connectivity index (χ2v) is 5.08. The summed E-state index contributed by atoms with van der Waals surface area (Å²) in [5.41, 5.74) is -1.75. The molecule has 0 bridgehead atoms. The van der Waals surface area contributed by atoms with Crippen LogP contribution in [0.3, 0.4) is 0 Å². The maximum Gasteiger partial charge on any atom is 0.417 e. The highest BCUT2D eigenvalue weighted by Gasteiger charge is 2.32. The van der Waals surface area contributed by atoms with Gasteiger partial charge in [0.1, 0.15) is 5.60 Å². The standard InChI is InChI=1S/C14H15F3N2O2/c1-13(2,3)21-12(20)19-7-4-5-10-9-18-8-6-11(10)14(15,16)17/h6,8-9H,7H2,1-3H3,(H,19,20). The van der Waals surface area contributed by atoms with Crippen LogP contribution in [-0.2, 0) is 10.9 Å². The Morgan fingerprint density at radius 1 is 1.38 bits per heavy atom. The molecule has 1 heterocycles. The number of aromatic nitrogens is 1. The Morgan fingerprint density at radius 2 is 2.05 bits per heavy atom. The predicted octanol–water partition coefficient (Wildman–Crippen LogP) is 2.98. The Kier molecular flexibility index (Phi) is 5.19. The third-order valence-electron chi connectivity index (χ3n) is 2.07. The lowest BCUT2D eigenvalue weighted by atomic mass is 10.1. The quantitative estimate of drug-likeness (QED) is 0.811. The van der Waals surface area contributed by atoms with Crippen LogP contribution in [0.15, 0.2) is 18.5 Å². The first kappa shape index (κ1) is 16.8. The van der Waals surface area contributed by atoms with Gasteiger partial charge < -0.3 is 10.1 Å². The van der Waals surface area contributed by atoms with Gasteiger partial charge in [0.05, 0.1) is 17.7 Å². The van der Waals surface area contributed by atoms with Crippen molar-refractivity contribution in [3.8, 4) is 11.8 Å². The highest BCUT2D eigenvalue weighted by atomic mass is 19.4. The van der Waals surface area contributed by atoms with Gasteiger partial charge in [-0.25, -0.2) is 4.79 Å². The van der Waals surface area contributed by atoms with Gasteiger partial charge >= 0.3 is 12.3 Å². The van der Waals surface area contributed by atoms with E-state index < -0.39 is 23.4 Å². The molecule has 7 heteroatoms. The van der Waals surface area contributed by atoms with E-state index in [0.717, 1.165) is 18.5 Å². The first-order valence-electron chi connectivity index (χ1n) is 6.06. The topological polar surface area (TPSA) is 51.2 Å². The van der Waals surface area contributed by atoms with Crippen molar-refractivity contribution in [2.45, 2.75) is 32.5 Å². The van der Waals surface area contributed by atoms with Gasteiger partial charge in [-0.1, -0.05) is 11.8 Å². The molecule has 0 spiro atoms. The van der Waals surface area contributed by atoms with Crippen LogP contribution in [0.1, 0.15) is 31.9 Å². The van der Waals surface area contributed by atoms with Crippen molar-refractivity contribution in [2.24, 2.45) is 0 Å². The van der Waals surface area contributed by atoms with Crippen molar-refractivity contribution < 1.29 is 22.7 Å². The number of carbonyl (C=O) groups is 1. The van der Waals surface area contributed by atoms with Crippen molar-refractivity contribution in [1.29, 1.82) is 0 Å². The number of alkyl carbamates (subject to hydrolysis) is 1. The summed E-state index contributed by atoms with van der Waals surface area (Å²) in [6, 6.07) is 0.852. The molecule has 0 aliphatic heterocycles. The van der Waals surface area contributed by atoms with Crippen LogP contribution >= 0.6 is 0 Å². The SMILES string of the molecule is CC(C)(C)OC(=O)NCC#Cc1cnccc1C(F)(F)F. The van der Waals surface area contributed by atoms with Crippen LogP contribution in [0.25, 0.3) is 0 Å². The zero-order chi connectivity index (χ0) is 16.1. The van der Waals surface area contributed by atoms with Gasteiger partial charge in [0.25, 0.3) is 0 Å². The molecule has 1 N–H and O–H groups in total. The van der Waals surface area contributed by atoms with E-state index in [4.69, 9.17) is 4.74 Å². The maximum atomic E-state index is 12.7. The summed E-state index contributed by atoms with van der Waals surface area (Å²) in [6.45, 7) is 4.97. The Hall–Kier alpha value is -2.23. The summed E-state index contributed by atoms with van der Waals surface area (Å²) < 4.78 is 43.0. The van der Waals surface area contributed by atoms with E-state index in [1.54, 1.807) is 20.8 Å². The second-order valence-electron chi connectivity index (χ2n) is 5.08. The average Bonchev–Trinajstić information content (AvgIpc) is 2.32. The van der Waals surface area contributed by atoms with Crippen LogP contribution in [-0.4, -0.2) is 23.2 Å². The molecule has 114 valence electrons. The monoisotopic (exact) mass is 300 g/mol.